The van der Waals surface area contributed by atoms with Crippen molar-refractivity contribution >= 4 is 65.4 Å². The Balaban J connectivity index is 1.44. The average molecular weight is 672 g/mol. The molecule has 3 heterocycles. The summed E-state index contributed by atoms with van der Waals surface area (Å²) in [7, 11) is 0. The quantitative estimate of drug-likeness (QED) is 0.177. The van der Waals surface area contributed by atoms with Crippen LogP contribution in [0.25, 0.3) is 93.6 Å². The Morgan fingerprint density at radius 2 is 0.824 bits per heavy atom. The number of fused-ring (bicyclic) bond motifs is 9. The van der Waals surface area contributed by atoms with Crippen LogP contribution in [0.15, 0.2) is 188 Å². The fraction of sp³-hybridized carbons (Fsp3) is 0. The third-order valence-electron chi connectivity index (χ3n) is 9.05. The lowest BCUT2D eigenvalue weighted by molar-refractivity contribution is 1.12. The first-order valence-electron chi connectivity index (χ1n) is 26.7. The van der Waals surface area contributed by atoms with Crippen LogP contribution in [0.1, 0.15) is 30.2 Å². The van der Waals surface area contributed by atoms with Gasteiger partial charge in [0.15, 0.2) is 0 Å². The van der Waals surface area contributed by atoms with Crippen molar-refractivity contribution in [2.24, 2.45) is 0 Å². The maximum absolute atomic E-state index is 10.2. The second-order valence-electron chi connectivity index (χ2n) is 11.7. The third-order valence-corrected chi connectivity index (χ3v) is 9.05. The molecule has 238 valence electrons. The lowest BCUT2D eigenvalue weighted by Crippen LogP contribution is -2.01. The molecular formula is C48H31N3. The molecule has 11 rings (SSSR count). The molecule has 3 aromatic heterocycles. The third kappa shape index (κ3) is 4.06. The largest absolute Gasteiger partial charge is 0.309 e. The molecule has 0 unspecified atom stereocenters. The predicted molar refractivity (Wildman–Crippen MR) is 215 cm³/mol. The Morgan fingerprint density at radius 3 is 1.45 bits per heavy atom. The lowest BCUT2D eigenvalue weighted by Gasteiger charge is -2.15. The standard InChI is InChI=1S/C48H31N3/c1-2-13-32(14-3-1)33-25-27-34(28-26-33)50-44-22-10-7-18-39(44)41-19-12-24-46(48(41)50)51-45-23-11-6-17-38(45)40-30-29-35(31-47(40)51)49-42-20-8-4-15-36(42)37-16-5-9-21-43(37)49/h1-31H/i4D,5D,6D,7D,8D,9D,10D,11D,12D,15D,16D,17D,18D,19D,20D,21D,22D,23D,24D,29D,30D,31D. The van der Waals surface area contributed by atoms with Crippen molar-refractivity contribution in [1.82, 2.24) is 13.7 Å². The number of para-hydroxylation sites is 5. The van der Waals surface area contributed by atoms with E-state index in [1.165, 1.54) is 4.57 Å². The van der Waals surface area contributed by atoms with E-state index in [-0.39, 0.29) is 27.5 Å². The van der Waals surface area contributed by atoms with Crippen molar-refractivity contribution in [2.45, 2.75) is 0 Å². The molecule has 0 aliphatic carbocycles. The second kappa shape index (κ2) is 10.8. The summed E-state index contributed by atoms with van der Waals surface area (Å²) in [6.45, 7) is 0. The zero-order valence-corrected chi connectivity index (χ0v) is 26.0. The van der Waals surface area contributed by atoms with E-state index in [9.17, 15) is 13.7 Å². The van der Waals surface area contributed by atoms with E-state index >= 15 is 0 Å². The Labute approximate surface area is 325 Å². The fourth-order valence-corrected chi connectivity index (χ4v) is 6.89. The first-order chi connectivity index (χ1) is 34.5. The highest BCUT2D eigenvalue weighted by Gasteiger charge is 2.21. The van der Waals surface area contributed by atoms with Gasteiger partial charge in [0.25, 0.3) is 0 Å². The van der Waals surface area contributed by atoms with Gasteiger partial charge in [-0.25, -0.2) is 0 Å². The van der Waals surface area contributed by atoms with Gasteiger partial charge in [-0.1, -0.05) is 133 Å². The van der Waals surface area contributed by atoms with E-state index < -0.39 is 188 Å². The van der Waals surface area contributed by atoms with Crippen LogP contribution in [0.4, 0.5) is 0 Å². The minimum Gasteiger partial charge on any atom is -0.309 e. The summed E-state index contributed by atoms with van der Waals surface area (Å²) in [6, 6.07) is -1.05. The number of benzene rings is 8. The predicted octanol–water partition coefficient (Wildman–Crippen LogP) is 12.6. The Hall–Kier alpha value is -6.84. The average Bonchev–Trinajstić information content (AvgIpc) is 4.05. The minimum absolute atomic E-state index is 0.195. The van der Waals surface area contributed by atoms with Crippen LogP contribution in [0.3, 0.4) is 0 Å². The maximum atomic E-state index is 10.2. The van der Waals surface area contributed by atoms with Crippen molar-refractivity contribution in [3.8, 4) is 28.2 Å². The number of aromatic nitrogens is 3. The minimum atomic E-state index is -0.891. The van der Waals surface area contributed by atoms with Gasteiger partial charge in [-0.2, -0.15) is 0 Å². The highest BCUT2D eigenvalue weighted by Crippen LogP contribution is 2.41. The molecular weight excluding hydrogens is 619 g/mol. The molecule has 0 saturated heterocycles. The fourth-order valence-electron chi connectivity index (χ4n) is 6.89. The Morgan fingerprint density at radius 1 is 0.333 bits per heavy atom. The summed E-state index contributed by atoms with van der Waals surface area (Å²) in [6.07, 6.45) is 0. The van der Waals surface area contributed by atoms with Crippen LogP contribution < -0.4 is 0 Å². The Bertz CT molecular complexity index is 4310. The van der Waals surface area contributed by atoms with Gasteiger partial charge in [0.2, 0.25) is 0 Å². The smallest absolute Gasteiger partial charge is 0.0782 e. The van der Waals surface area contributed by atoms with E-state index in [1.54, 1.807) is 24.3 Å². The molecule has 0 aliphatic heterocycles. The van der Waals surface area contributed by atoms with Crippen LogP contribution in [0.2, 0.25) is 0 Å². The molecule has 11 aromatic rings. The van der Waals surface area contributed by atoms with Crippen LogP contribution >= 0.6 is 0 Å². The summed E-state index contributed by atoms with van der Waals surface area (Å²) < 4.78 is 204. The van der Waals surface area contributed by atoms with E-state index in [2.05, 4.69) is 0 Å². The summed E-state index contributed by atoms with van der Waals surface area (Å²) in [4.78, 5) is 0. The highest BCUT2D eigenvalue weighted by molar-refractivity contribution is 6.16. The second-order valence-corrected chi connectivity index (χ2v) is 11.7. The molecule has 0 bridgehead atoms. The molecule has 0 saturated carbocycles. The molecule has 8 aromatic carbocycles. The van der Waals surface area contributed by atoms with Gasteiger partial charge in [0.05, 0.1) is 68.9 Å². The van der Waals surface area contributed by atoms with E-state index in [0.29, 0.717) is 0 Å². The van der Waals surface area contributed by atoms with Gasteiger partial charge >= 0.3 is 0 Å². The van der Waals surface area contributed by atoms with Crippen molar-refractivity contribution in [3.05, 3.63) is 188 Å². The molecule has 0 atom stereocenters. The van der Waals surface area contributed by atoms with Gasteiger partial charge in [-0.05, 0) is 65.6 Å². The molecule has 3 nitrogen and oxygen atoms in total. The zero-order chi connectivity index (χ0) is 52.6. The number of nitrogens with zero attached hydrogens (tertiary/aromatic N) is 3. The Kier molecular flexibility index (Phi) is 3.01. The van der Waals surface area contributed by atoms with Crippen LogP contribution in [0.5, 0.6) is 0 Å². The number of hydrogen-bond acceptors (Lipinski definition) is 0. The summed E-state index contributed by atoms with van der Waals surface area (Å²) in [5.74, 6) is 0. The summed E-state index contributed by atoms with van der Waals surface area (Å²) in [5.41, 5.74) is -2.07. The maximum Gasteiger partial charge on any atom is 0.0782 e. The normalized spacial score (nSPS) is 18.0. The molecule has 3 heteroatoms. The highest BCUT2D eigenvalue weighted by atomic mass is 15.1. The summed E-state index contributed by atoms with van der Waals surface area (Å²) >= 11 is 0. The molecule has 0 N–H and O–H groups in total. The first kappa shape index (κ1) is 14.2. The molecule has 0 aliphatic rings. The van der Waals surface area contributed by atoms with Gasteiger partial charge in [-0.15, -0.1) is 0 Å². The van der Waals surface area contributed by atoms with Gasteiger partial charge in [-0.3, -0.25) is 0 Å². The van der Waals surface area contributed by atoms with Crippen molar-refractivity contribution in [2.75, 3.05) is 0 Å². The lowest BCUT2D eigenvalue weighted by atomic mass is 10.1. The molecule has 0 fully saturated rings. The molecule has 51 heavy (non-hydrogen) atoms. The first-order valence-corrected chi connectivity index (χ1v) is 15.7. The molecule has 0 amide bonds. The SMILES string of the molecule is [2H]c1c([2H])c([2H])c2c(c1[2H])c1c([2H])c([2H])c([2H])c(-n3c4c([2H])c([2H])c([2H])c([2H])c4c4c([2H])c([2H])c(-n5c6c([2H])c([2H])c([2H])c([2H])c6c6c([2H])c([2H])c([2H])c([2H])c65)c([2H])c43)c1n2-c1ccc(-c2ccccc2)cc1. The number of rotatable bonds is 4. The monoisotopic (exact) mass is 671 g/mol. The molecule has 0 spiro atoms. The topological polar surface area (TPSA) is 14.8 Å². The number of hydrogen-bond donors (Lipinski definition) is 0. The van der Waals surface area contributed by atoms with Crippen LogP contribution in [0, 0.1) is 0 Å². The van der Waals surface area contributed by atoms with E-state index in [0.717, 1.165) is 20.3 Å². The zero-order valence-electron chi connectivity index (χ0n) is 48.0. The van der Waals surface area contributed by atoms with Crippen molar-refractivity contribution < 1.29 is 30.2 Å². The summed E-state index contributed by atoms with van der Waals surface area (Å²) in [5, 5.41) is -2.31. The van der Waals surface area contributed by atoms with Gasteiger partial charge in [0, 0.05) is 43.7 Å². The van der Waals surface area contributed by atoms with Crippen molar-refractivity contribution in [1.29, 1.82) is 0 Å². The van der Waals surface area contributed by atoms with Crippen LogP contribution in [-0.4, -0.2) is 13.7 Å². The van der Waals surface area contributed by atoms with Crippen LogP contribution in [-0.2, 0) is 0 Å². The van der Waals surface area contributed by atoms with E-state index in [1.807, 2.05) is 30.3 Å². The van der Waals surface area contributed by atoms with Gasteiger partial charge in [0.1, 0.15) is 0 Å². The van der Waals surface area contributed by atoms with E-state index in [4.69, 9.17) is 16.4 Å². The van der Waals surface area contributed by atoms with Gasteiger partial charge < -0.3 is 13.7 Å². The van der Waals surface area contributed by atoms with Crippen molar-refractivity contribution in [3.63, 3.8) is 0 Å². The molecule has 0 radical (unpaired) electrons.